The summed E-state index contributed by atoms with van der Waals surface area (Å²) < 4.78 is 0. The molecule has 1 aromatic heterocycles. The average Bonchev–Trinajstić information content (AvgIpc) is 2.40. The number of hydrogen-bond donors (Lipinski definition) is 0. The van der Waals surface area contributed by atoms with Gasteiger partial charge in [-0.2, -0.15) is 0 Å². The van der Waals surface area contributed by atoms with Crippen molar-refractivity contribution in [1.29, 1.82) is 0 Å². The van der Waals surface area contributed by atoms with Gasteiger partial charge in [0.1, 0.15) is 0 Å². The second-order valence-electron chi connectivity index (χ2n) is 4.25. The van der Waals surface area contributed by atoms with Gasteiger partial charge in [0.15, 0.2) is 0 Å². The van der Waals surface area contributed by atoms with E-state index in [-0.39, 0.29) is 0 Å². The van der Waals surface area contributed by atoms with Gasteiger partial charge in [0.2, 0.25) is 0 Å². The van der Waals surface area contributed by atoms with E-state index >= 15 is 0 Å². The van der Waals surface area contributed by atoms with Crippen LogP contribution in [-0.2, 0) is 0 Å². The van der Waals surface area contributed by atoms with E-state index in [2.05, 4.69) is 54.4 Å². The molecular formula is C17H17N. The summed E-state index contributed by atoms with van der Waals surface area (Å²) in [4.78, 5) is 4.02. The highest BCUT2D eigenvalue weighted by Gasteiger charge is 1.96. The molecule has 0 unspecified atom stereocenters. The normalized spacial score (nSPS) is 11.4. The van der Waals surface area contributed by atoms with Crippen molar-refractivity contribution in [3.05, 3.63) is 71.1 Å². The van der Waals surface area contributed by atoms with Crippen LogP contribution in [0.1, 0.15) is 29.2 Å². The number of nitrogens with zero attached hydrogens (tertiary/aromatic N) is 1. The molecule has 90 valence electrons. The van der Waals surface area contributed by atoms with Gasteiger partial charge < -0.3 is 0 Å². The fraction of sp³-hybridized carbons (Fsp3) is 0.118. The van der Waals surface area contributed by atoms with Crippen LogP contribution in [0.2, 0.25) is 0 Å². The van der Waals surface area contributed by atoms with Gasteiger partial charge in [-0.05, 0) is 42.7 Å². The van der Waals surface area contributed by atoms with Gasteiger partial charge >= 0.3 is 0 Å². The molecule has 2 aromatic rings. The summed E-state index contributed by atoms with van der Waals surface area (Å²) in [5.74, 6) is 0. The van der Waals surface area contributed by atoms with E-state index in [9.17, 15) is 0 Å². The molecule has 0 saturated carbocycles. The lowest BCUT2D eigenvalue weighted by molar-refractivity contribution is 1.32. The lowest BCUT2D eigenvalue weighted by Gasteiger charge is -2.03. The number of hydrogen-bond acceptors (Lipinski definition) is 1. The Morgan fingerprint density at radius 2 is 1.67 bits per heavy atom. The summed E-state index contributed by atoms with van der Waals surface area (Å²) in [6.45, 7) is 4.15. The van der Waals surface area contributed by atoms with E-state index in [1.165, 1.54) is 16.7 Å². The molecule has 0 aliphatic rings. The summed E-state index contributed by atoms with van der Waals surface area (Å²) in [5.41, 5.74) is 4.92. The van der Waals surface area contributed by atoms with Crippen molar-refractivity contribution in [2.75, 3.05) is 0 Å². The molecule has 0 N–H and O–H groups in total. The van der Waals surface area contributed by atoms with Gasteiger partial charge in [-0.1, -0.05) is 48.1 Å². The lowest BCUT2D eigenvalue weighted by atomic mass is 10.0. The predicted molar refractivity (Wildman–Crippen MR) is 79.1 cm³/mol. The number of benzene rings is 1. The Morgan fingerprint density at radius 1 is 0.889 bits per heavy atom. The van der Waals surface area contributed by atoms with Crippen LogP contribution in [0.5, 0.6) is 0 Å². The molecule has 0 bridgehead atoms. The summed E-state index contributed by atoms with van der Waals surface area (Å²) >= 11 is 0. The zero-order valence-corrected chi connectivity index (χ0v) is 10.8. The predicted octanol–water partition coefficient (Wildman–Crippen LogP) is 4.59. The number of pyridine rings is 1. The third-order valence-electron chi connectivity index (χ3n) is 2.75. The fourth-order valence-electron chi connectivity index (χ4n) is 1.83. The molecule has 0 aliphatic carbocycles. The van der Waals surface area contributed by atoms with Crippen LogP contribution in [0.15, 0.2) is 48.8 Å². The first-order valence-electron chi connectivity index (χ1n) is 6.11. The standard InChI is InChI=1S/C17H17N/c1-3-4-16-7-5-14(2)13-17(16)8-6-15-9-11-18-12-10-15/h3-13H,1-2H3/b4-3+,8-6+. The molecule has 2 rings (SSSR count). The van der Waals surface area contributed by atoms with Gasteiger partial charge in [0.05, 0.1) is 0 Å². The Labute approximate surface area is 109 Å². The number of aromatic nitrogens is 1. The molecule has 1 nitrogen and oxygen atoms in total. The van der Waals surface area contributed by atoms with Crippen molar-refractivity contribution >= 4 is 18.2 Å². The smallest absolute Gasteiger partial charge is 0.0273 e. The third-order valence-corrected chi connectivity index (χ3v) is 2.75. The van der Waals surface area contributed by atoms with Crippen molar-refractivity contribution in [2.24, 2.45) is 0 Å². The Bertz CT molecular complexity index is 565. The first-order chi connectivity index (χ1) is 8.79. The lowest BCUT2D eigenvalue weighted by Crippen LogP contribution is -1.82. The maximum atomic E-state index is 4.02. The fourth-order valence-corrected chi connectivity index (χ4v) is 1.83. The Morgan fingerprint density at radius 3 is 2.39 bits per heavy atom. The van der Waals surface area contributed by atoms with E-state index in [1.54, 1.807) is 0 Å². The molecule has 1 heterocycles. The maximum Gasteiger partial charge on any atom is 0.0273 e. The average molecular weight is 235 g/mol. The molecule has 0 fully saturated rings. The van der Waals surface area contributed by atoms with Crippen molar-refractivity contribution in [2.45, 2.75) is 13.8 Å². The van der Waals surface area contributed by atoms with Crippen molar-refractivity contribution in [3.8, 4) is 0 Å². The van der Waals surface area contributed by atoms with E-state index < -0.39 is 0 Å². The molecule has 0 atom stereocenters. The van der Waals surface area contributed by atoms with Crippen molar-refractivity contribution in [1.82, 2.24) is 4.98 Å². The van der Waals surface area contributed by atoms with Crippen LogP contribution in [0.3, 0.4) is 0 Å². The Kier molecular flexibility index (Phi) is 4.08. The first-order valence-corrected chi connectivity index (χ1v) is 6.11. The molecule has 1 heteroatoms. The molecule has 0 amide bonds. The van der Waals surface area contributed by atoms with Gasteiger partial charge in [-0.25, -0.2) is 0 Å². The molecule has 1 aromatic carbocycles. The van der Waals surface area contributed by atoms with Crippen LogP contribution in [0, 0.1) is 6.92 Å². The number of rotatable bonds is 3. The van der Waals surface area contributed by atoms with E-state index in [1.807, 2.05) is 31.5 Å². The second-order valence-corrected chi connectivity index (χ2v) is 4.25. The van der Waals surface area contributed by atoms with Crippen LogP contribution in [0.25, 0.3) is 18.2 Å². The maximum absolute atomic E-state index is 4.02. The molecular weight excluding hydrogens is 218 g/mol. The Balaban J connectivity index is 2.33. The number of aryl methyl sites for hydroxylation is 1. The zero-order valence-electron chi connectivity index (χ0n) is 10.8. The van der Waals surface area contributed by atoms with Crippen molar-refractivity contribution in [3.63, 3.8) is 0 Å². The minimum atomic E-state index is 1.16. The van der Waals surface area contributed by atoms with Gasteiger partial charge in [0, 0.05) is 12.4 Å². The first kappa shape index (κ1) is 12.3. The summed E-state index contributed by atoms with van der Waals surface area (Å²) in [6, 6.07) is 10.5. The summed E-state index contributed by atoms with van der Waals surface area (Å²) in [7, 11) is 0. The Hall–Kier alpha value is -2.15. The summed E-state index contributed by atoms with van der Waals surface area (Å²) in [5, 5.41) is 0. The van der Waals surface area contributed by atoms with E-state index in [0.717, 1.165) is 5.56 Å². The third kappa shape index (κ3) is 3.17. The zero-order chi connectivity index (χ0) is 12.8. The topological polar surface area (TPSA) is 12.9 Å². The van der Waals surface area contributed by atoms with Crippen LogP contribution >= 0.6 is 0 Å². The molecule has 0 saturated heterocycles. The van der Waals surface area contributed by atoms with Gasteiger partial charge in [0.25, 0.3) is 0 Å². The van der Waals surface area contributed by atoms with Crippen molar-refractivity contribution < 1.29 is 0 Å². The van der Waals surface area contributed by atoms with E-state index in [0.29, 0.717) is 0 Å². The second kappa shape index (κ2) is 5.97. The van der Waals surface area contributed by atoms with E-state index in [4.69, 9.17) is 0 Å². The number of allylic oxidation sites excluding steroid dienone is 1. The largest absolute Gasteiger partial charge is 0.265 e. The SMILES string of the molecule is C/C=C/c1ccc(C)cc1/C=C/c1ccncc1. The molecule has 0 spiro atoms. The van der Waals surface area contributed by atoms with Gasteiger partial charge in [-0.15, -0.1) is 0 Å². The summed E-state index contributed by atoms with van der Waals surface area (Å²) in [6.07, 6.45) is 12.1. The minimum absolute atomic E-state index is 1.16. The quantitative estimate of drug-likeness (QED) is 0.758. The van der Waals surface area contributed by atoms with Gasteiger partial charge in [-0.3, -0.25) is 4.98 Å². The van der Waals surface area contributed by atoms with Crippen LogP contribution in [-0.4, -0.2) is 4.98 Å². The highest BCUT2D eigenvalue weighted by molar-refractivity contribution is 5.75. The molecule has 0 radical (unpaired) electrons. The highest BCUT2D eigenvalue weighted by atomic mass is 14.6. The monoisotopic (exact) mass is 235 g/mol. The van der Waals surface area contributed by atoms with Crippen LogP contribution in [0.4, 0.5) is 0 Å². The van der Waals surface area contributed by atoms with Crippen LogP contribution < -0.4 is 0 Å². The highest BCUT2D eigenvalue weighted by Crippen LogP contribution is 2.16. The minimum Gasteiger partial charge on any atom is -0.265 e. The molecule has 18 heavy (non-hydrogen) atoms. The molecule has 0 aliphatic heterocycles.